The van der Waals surface area contributed by atoms with Crippen LogP contribution in [0, 0.1) is 10.1 Å². The number of nitro groups is 1. The molecule has 1 saturated heterocycles. The van der Waals surface area contributed by atoms with E-state index in [1.54, 1.807) is 30.3 Å². The smallest absolute Gasteiger partial charge is 0.284 e. The number of nitrogens with zero attached hydrogens (tertiary/aromatic N) is 2. The lowest BCUT2D eigenvalue weighted by Gasteiger charge is -2.35. The molecule has 7 heteroatoms. The molecule has 0 bridgehead atoms. The summed E-state index contributed by atoms with van der Waals surface area (Å²) in [5.41, 5.74) is 0.313. The zero-order chi connectivity index (χ0) is 19.4. The molecule has 27 heavy (non-hydrogen) atoms. The number of likely N-dealkylation sites (tertiary alicyclic amines) is 1. The number of piperidine rings is 1. The molecular formula is C20H21ClN2O3S. The first kappa shape index (κ1) is 19.7. The van der Waals surface area contributed by atoms with Crippen LogP contribution in [0.2, 0.25) is 5.02 Å². The highest BCUT2D eigenvalue weighted by molar-refractivity contribution is 7.99. The first-order valence-electron chi connectivity index (χ1n) is 9.02. The molecule has 1 amide bonds. The van der Waals surface area contributed by atoms with Crippen molar-refractivity contribution in [2.45, 2.75) is 48.4 Å². The van der Waals surface area contributed by atoms with Gasteiger partial charge >= 0.3 is 0 Å². The lowest BCUT2D eigenvalue weighted by Crippen LogP contribution is -2.43. The molecule has 0 spiro atoms. The van der Waals surface area contributed by atoms with Gasteiger partial charge in [0.25, 0.3) is 11.6 Å². The fraction of sp³-hybridized carbons (Fsp3) is 0.350. The van der Waals surface area contributed by atoms with E-state index < -0.39 is 4.92 Å². The topological polar surface area (TPSA) is 63.5 Å². The Balaban J connectivity index is 1.89. The molecular weight excluding hydrogens is 384 g/mol. The van der Waals surface area contributed by atoms with Crippen LogP contribution >= 0.6 is 23.4 Å². The molecule has 1 aliphatic rings. The second kappa shape index (κ2) is 8.76. The summed E-state index contributed by atoms with van der Waals surface area (Å²) in [5.74, 6) is -0.121. The van der Waals surface area contributed by atoms with Crippen LogP contribution in [0.25, 0.3) is 0 Å². The molecule has 0 radical (unpaired) electrons. The Labute approximate surface area is 167 Å². The average Bonchev–Trinajstić information content (AvgIpc) is 2.67. The number of carbonyl (C=O) groups is 1. The monoisotopic (exact) mass is 404 g/mol. The van der Waals surface area contributed by atoms with Crippen molar-refractivity contribution in [1.29, 1.82) is 0 Å². The van der Waals surface area contributed by atoms with Gasteiger partial charge in [-0.05, 0) is 56.0 Å². The molecule has 0 saturated carbocycles. The average molecular weight is 405 g/mol. The molecule has 0 aromatic heterocycles. The molecule has 0 aliphatic carbocycles. The van der Waals surface area contributed by atoms with E-state index in [1.807, 2.05) is 11.0 Å². The number of hydrogen-bond donors (Lipinski definition) is 0. The van der Waals surface area contributed by atoms with Crippen molar-refractivity contribution in [3.05, 3.63) is 63.2 Å². The molecule has 142 valence electrons. The molecule has 2 aromatic carbocycles. The highest BCUT2D eigenvalue weighted by Gasteiger charge is 2.28. The van der Waals surface area contributed by atoms with E-state index in [1.165, 1.54) is 17.8 Å². The van der Waals surface area contributed by atoms with Crippen molar-refractivity contribution in [2.24, 2.45) is 0 Å². The maximum absolute atomic E-state index is 12.9. The van der Waals surface area contributed by atoms with E-state index in [0.29, 0.717) is 22.0 Å². The number of benzene rings is 2. The summed E-state index contributed by atoms with van der Waals surface area (Å²) < 4.78 is 0. The molecule has 1 fully saturated rings. The van der Waals surface area contributed by atoms with E-state index >= 15 is 0 Å². The Hall–Kier alpha value is -2.05. The third-order valence-electron chi connectivity index (χ3n) is 4.79. The second-order valence-electron chi connectivity index (χ2n) is 6.56. The van der Waals surface area contributed by atoms with Crippen molar-refractivity contribution in [3.63, 3.8) is 0 Å². The van der Waals surface area contributed by atoms with Gasteiger partial charge in [0.1, 0.15) is 0 Å². The maximum atomic E-state index is 12.9. The molecule has 2 aromatic rings. The molecule has 1 atom stereocenters. The number of nitro benzene ring substituents is 1. The highest BCUT2D eigenvalue weighted by Crippen LogP contribution is 2.36. The lowest BCUT2D eigenvalue weighted by atomic mass is 9.99. The van der Waals surface area contributed by atoms with E-state index in [0.717, 1.165) is 30.6 Å². The second-order valence-corrected chi connectivity index (χ2v) is 8.11. The Morgan fingerprint density at radius 1 is 1.30 bits per heavy atom. The van der Waals surface area contributed by atoms with Crippen molar-refractivity contribution in [1.82, 2.24) is 4.90 Å². The Bertz CT molecular complexity index is 859. The van der Waals surface area contributed by atoms with Crippen molar-refractivity contribution < 1.29 is 9.72 Å². The van der Waals surface area contributed by atoms with Gasteiger partial charge in [-0.1, -0.05) is 36.4 Å². The summed E-state index contributed by atoms with van der Waals surface area (Å²) in [6.45, 7) is 2.79. The fourth-order valence-electron chi connectivity index (χ4n) is 3.40. The van der Waals surface area contributed by atoms with Crippen LogP contribution in [-0.2, 0) is 0 Å². The van der Waals surface area contributed by atoms with Crippen LogP contribution in [0.3, 0.4) is 0 Å². The quantitative estimate of drug-likeness (QED) is 0.466. The minimum Gasteiger partial charge on any atom is -0.336 e. The van der Waals surface area contributed by atoms with Crippen molar-refractivity contribution in [2.75, 3.05) is 6.54 Å². The zero-order valence-corrected chi connectivity index (χ0v) is 16.6. The van der Waals surface area contributed by atoms with E-state index in [-0.39, 0.29) is 17.6 Å². The third kappa shape index (κ3) is 4.62. The van der Waals surface area contributed by atoms with Crippen LogP contribution in [0.1, 0.15) is 43.0 Å². The molecule has 0 N–H and O–H groups in total. The molecule has 1 heterocycles. The normalized spacial score (nSPS) is 17.0. The van der Waals surface area contributed by atoms with Gasteiger partial charge < -0.3 is 4.90 Å². The van der Waals surface area contributed by atoms with Crippen LogP contribution < -0.4 is 0 Å². The van der Waals surface area contributed by atoms with Gasteiger partial charge in [-0.2, -0.15) is 0 Å². The number of halogens is 1. The van der Waals surface area contributed by atoms with Crippen LogP contribution in [0.5, 0.6) is 0 Å². The summed E-state index contributed by atoms with van der Waals surface area (Å²) in [6, 6.07) is 12.1. The van der Waals surface area contributed by atoms with Gasteiger partial charge in [0.05, 0.1) is 9.82 Å². The van der Waals surface area contributed by atoms with E-state index in [9.17, 15) is 14.9 Å². The van der Waals surface area contributed by atoms with Gasteiger partial charge in [0, 0.05) is 34.1 Å². The predicted octanol–water partition coefficient (Wildman–Crippen LogP) is 5.80. The summed E-state index contributed by atoms with van der Waals surface area (Å²) in [4.78, 5) is 27.3. The largest absolute Gasteiger partial charge is 0.336 e. The number of hydrogen-bond acceptors (Lipinski definition) is 4. The van der Waals surface area contributed by atoms with Crippen LogP contribution in [0.4, 0.5) is 5.69 Å². The molecule has 3 rings (SSSR count). The van der Waals surface area contributed by atoms with Gasteiger partial charge in [-0.25, -0.2) is 0 Å². The first-order valence-corrected chi connectivity index (χ1v) is 10.2. The summed E-state index contributed by atoms with van der Waals surface area (Å²) >= 11 is 7.26. The standard InChI is InChI=1S/C20H21ClN2O3S/c1-2-16-7-3-4-11-22(16)20(24)14-9-10-19(18(12-14)23(25)26)27-17-8-5-6-15(21)13-17/h5-6,8-10,12-13,16H,2-4,7,11H2,1H3. The van der Waals surface area contributed by atoms with Gasteiger partial charge in [0.15, 0.2) is 0 Å². The summed E-state index contributed by atoms with van der Waals surface area (Å²) in [6.07, 6.45) is 3.99. The summed E-state index contributed by atoms with van der Waals surface area (Å²) in [5, 5.41) is 12.2. The van der Waals surface area contributed by atoms with Gasteiger partial charge in [-0.15, -0.1) is 0 Å². The minimum atomic E-state index is -0.433. The predicted molar refractivity (Wildman–Crippen MR) is 108 cm³/mol. The SMILES string of the molecule is CCC1CCCCN1C(=O)c1ccc(Sc2cccc(Cl)c2)c([N+](=O)[O-])c1. The van der Waals surface area contributed by atoms with Crippen LogP contribution in [0.15, 0.2) is 52.3 Å². The Morgan fingerprint density at radius 3 is 2.81 bits per heavy atom. The van der Waals surface area contributed by atoms with Crippen LogP contribution in [-0.4, -0.2) is 28.3 Å². The Morgan fingerprint density at radius 2 is 2.11 bits per heavy atom. The van der Waals surface area contributed by atoms with Gasteiger partial charge in [-0.3, -0.25) is 14.9 Å². The van der Waals surface area contributed by atoms with Crippen molar-refractivity contribution >= 4 is 35.0 Å². The number of amides is 1. The number of carbonyl (C=O) groups excluding carboxylic acids is 1. The molecule has 1 aliphatic heterocycles. The lowest BCUT2D eigenvalue weighted by molar-refractivity contribution is -0.387. The fourth-order valence-corrected chi connectivity index (χ4v) is 4.61. The van der Waals surface area contributed by atoms with Gasteiger partial charge in [0.2, 0.25) is 0 Å². The van der Waals surface area contributed by atoms with E-state index in [4.69, 9.17) is 11.6 Å². The minimum absolute atomic E-state index is 0.0594. The van der Waals surface area contributed by atoms with E-state index in [2.05, 4.69) is 6.92 Å². The third-order valence-corrected chi connectivity index (χ3v) is 6.08. The highest BCUT2D eigenvalue weighted by atomic mass is 35.5. The maximum Gasteiger partial charge on any atom is 0.284 e. The Kier molecular flexibility index (Phi) is 6.39. The van der Waals surface area contributed by atoms with Crippen molar-refractivity contribution in [3.8, 4) is 0 Å². The number of rotatable bonds is 5. The first-order chi connectivity index (χ1) is 13.0. The summed E-state index contributed by atoms with van der Waals surface area (Å²) in [7, 11) is 0. The zero-order valence-electron chi connectivity index (χ0n) is 15.1. The molecule has 5 nitrogen and oxygen atoms in total. The molecule has 1 unspecified atom stereocenters.